The Hall–Kier alpha value is -5.30. The first-order valence-corrected chi connectivity index (χ1v) is 28.5. The van der Waals surface area contributed by atoms with E-state index in [0.29, 0.717) is 39.3 Å². The van der Waals surface area contributed by atoms with Crippen molar-refractivity contribution < 1.29 is 57.2 Å². The highest BCUT2D eigenvalue weighted by molar-refractivity contribution is 5.90. The van der Waals surface area contributed by atoms with Crippen molar-refractivity contribution in [2.24, 2.45) is 23.7 Å². The zero-order chi connectivity index (χ0) is 57.4. The largest absolute Gasteiger partial charge is 0.460 e. The number of rotatable bonds is 14. The molecule has 0 aliphatic carbocycles. The number of esters is 4. The molecule has 78 heavy (non-hydrogen) atoms. The van der Waals surface area contributed by atoms with Gasteiger partial charge >= 0.3 is 23.9 Å². The van der Waals surface area contributed by atoms with E-state index >= 15 is 9.59 Å². The molecule has 3 heterocycles. The van der Waals surface area contributed by atoms with Crippen molar-refractivity contribution in [2.75, 3.05) is 104 Å². The lowest BCUT2D eigenvalue weighted by Crippen LogP contribution is -2.53. The van der Waals surface area contributed by atoms with Crippen LogP contribution in [0.3, 0.4) is 0 Å². The number of ether oxygens (including phenoxy) is 6. The Balaban J connectivity index is 1.54. The van der Waals surface area contributed by atoms with E-state index < -0.39 is 84.3 Å². The van der Waals surface area contributed by atoms with Gasteiger partial charge in [0.05, 0.1) is 26.4 Å². The van der Waals surface area contributed by atoms with E-state index in [1.165, 1.54) is 9.80 Å². The molecular weight excluding hydrogens is 997 g/mol. The zero-order valence-corrected chi connectivity index (χ0v) is 49.4. The van der Waals surface area contributed by atoms with Gasteiger partial charge in [-0.05, 0) is 113 Å². The standard InChI is InChI=1S/C60H94N6O12/c1-39(2)31-49-57(69)77-53(35-45-15-19-47(20-16-45)65-23-27-73-28-24-65)55(67)63(13)52(34-42(7)8)60(72)76-44(10)38-62(12)50(32-40(3)4)58(70)78-54(36-46-17-21-48(22-18-46)66-25-29-74-30-26-66)56(68)64(14)51(33-41(5)6)59(71)75-43(9)37-61(49)11/h15-22,39-44,49-54H,23-38H2,1-14H3/t43-,44-,49+,50+,51+,52+,53-,54-/m1/s1. The third-order valence-electron chi connectivity index (χ3n) is 14.8. The topological polar surface area (TPSA) is 177 Å². The molecule has 0 unspecified atom stereocenters. The molecule has 3 aliphatic heterocycles. The van der Waals surface area contributed by atoms with Crippen molar-refractivity contribution >= 4 is 47.1 Å². The maximum atomic E-state index is 15.0. The predicted molar refractivity (Wildman–Crippen MR) is 301 cm³/mol. The molecule has 2 aromatic rings. The van der Waals surface area contributed by atoms with Crippen molar-refractivity contribution in [3.8, 4) is 0 Å². The van der Waals surface area contributed by atoms with Crippen LogP contribution in [0.4, 0.5) is 11.4 Å². The minimum Gasteiger partial charge on any atom is -0.460 e. The first-order valence-electron chi connectivity index (χ1n) is 28.5. The summed E-state index contributed by atoms with van der Waals surface area (Å²) in [5.41, 5.74) is 3.53. The molecular formula is C60H94N6O12. The van der Waals surface area contributed by atoms with Crippen molar-refractivity contribution in [3.63, 3.8) is 0 Å². The molecule has 2 amide bonds. The number of carbonyl (C=O) groups excluding carboxylic acids is 6. The highest BCUT2D eigenvalue weighted by atomic mass is 16.6. The van der Waals surface area contributed by atoms with E-state index in [0.717, 1.165) is 48.7 Å². The van der Waals surface area contributed by atoms with Gasteiger partial charge in [0.2, 0.25) is 0 Å². The molecule has 0 aromatic heterocycles. The molecule has 18 heteroatoms. The summed E-state index contributed by atoms with van der Waals surface area (Å²) in [4.78, 5) is 99.1. The van der Waals surface area contributed by atoms with Crippen LogP contribution in [0, 0.1) is 23.7 Å². The van der Waals surface area contributed by atoms with Crippen LogP contribution in [-0.2, 0) is 70.0 Å². The molecule has 0 N–H and O–H groups in total. The number of likely N-dealkylation sites (N-methyl/N-ethyl adjacent to an activating group) is 4. The second-order valence-electron chi connectivity index (χ2n) is 23.6. The third-order valence-corrected chi connectivity index (χ3v) is 14.8. The van der Waals surface area contributed by atoms with E-state index in [1.54, 1.807) is 51.8 Å². The van der Waals surface area contributed by atoms with Gasteiger partial charge in [-0.15, -0.1) is 0 Å². The van der Waals surface area contributed by atoms with Crippen molar-refractivity contribution in [1.29, 1.82) is 0 Å². The predicted octanol–water partition coefficient (Wildman–Crippen LogP) is 6.28. The highest BCUT2D eigenvalue weighted by Gasteiger charge is 2.41. The number of cyclic esters (lactones) is 4. The summed E-state index contributed by atoms with van der Waals surface area (Å²) in [7, 11) is 6.60. The Morgan fingerprint density at radius 1 is 0.423 bits per heavy atom. The SMILES string of the molecule is CC(C)C[C@H]1C(=O)O[C@H](Cc2ccc(N3CCOCC3)cc2)C(=O)N(C)[C@@H](CC(C)C)C(=O)O[C@H](C)CN(C)[C@@H](CC(C)C)C(=O)O[C@H](Cc2ccc(N3CCOCC3)cc2)C(=O)N(C)[C@@H](CC(C)C)C(=O)O[C@H](C)CN1C. The first-order chi connectivity index (χ1) is 36.9. The van der Waals surface area contributed by atoms with E-state index in [-0.39, 0.29) is 62.4 Å². The van der Waals surface area contributed by atoms with E-state index in [1.807, 2.05) is 104 Å². The number of anilines is 2. The Kier molecular flexibility index (Phi) is 24.7. The van der Waals surface area contributed by atoms with E-state index in [9.17, 15) is 19.2 Å². The van der Waals surface area contributed by atoms with Crippen LogP contribution in [0.2, 0.25) is 0 Å². The molecule has 0 saturated carbocycles. The monoisotopic (exact) mass is 1090 g/mol. The number of carbonyl (C=O) groups is 6. The molecule has 0 spiro atoms. The summed E-state index contributed by atoms with van der Waals surface area (Å²) in [6.45, 7) is 25.0. The first kappa shape index (κ1) is 63.5. The van der Waals surface area contributed by atoms with Crippen LogP contribution in [-0.4, -0.2) is 198 Å². The van der Waals surface area contributed by atoms with Crippen molar-refractivity contribution in [1.82, 2.24) is 19.6 Å². The maximum absolute atomic E-state index is 15.0. The van der Waals surface area contributed by atoms with Gasteiger partial charge in [-0.3, -0.25) is 29.0 Å². The molecule has 3 aliphatic rings. The lowest BCUT2D eigenvalue weighted by atomic mass is 10.00. The minimum absolute atomic E-state index is 0.0194. The Morgan fingerprint density at radius 2 is 0.705 bits per heavy atom. The minimum atomic E-state index is -1.32. The number of hydrogen-bond acceptors (Lipinski definition) is 16. The van der Waals surface area contributed by atoms with Gasteiger partial charge < -0.3 is 48.0 Å². The average molecular weight is 1090 g/mol. The molecule has 0 bridgehead atoms. The fourth-order valence-electron chi connectivity index (χ4n) is 10.5. The van der Waals surface area contributed by atoms with Crippen LogP contribution in [0.25, 0.3) is 0 Å². The molecule has 18 nitrogen and oxygen atoms in total. The second kappa shape index (κ2) is 30.3. The molecule has 8 atom stereocenters. The van der Waals surface area contributed by atoms with Gasteiger partial charge in [-0.25, -0.2) is 9.59 Å². The Morgan fingerprint density at radius 3 is 1.00 bits per heavy atom. The van der Waals surface area contributed by atoms with E-state index in [2.05, 4.69) is 9.80 Å². The second-order valence-corrected chi connectivity index (χ2v) is 23.6. The Labute approximate surface area is 465 Å². The molecule has 436 valence electrons. The average Bonchev–Trinajstić information content (AvgIpc) is 3.39. The lowest BCUT2D eigenvalue weighted by Gasteiger charge is -2.35. The van der Waals surface area contributed by atoms with Crippen LogP contribution in [0.15, 0.2) is 48.5 Å². The van der Waals surface area contributed by atoms with Gasteiger partial charge in [-0.1, -0.05) is 79.7 Å². The van der Waals surface area contributed by atoms with Gasteiger partial charge in [0.1, 0.15) is 36.4 Å². The van der Waals surface area contributed by atoms with Crippen LogP contribution in [0.5, 0.6) is 0 Å². The van der Waals surface area contributed by atoms with Crippen molar-refractivity contribution in [2.45, 2.75) is 156 Å². The fraction of sp³-hybridized carbons (Fsp3) is 0.700. The summed E-state index contributed by atoms with van der Waals surface area (Å²) in [6, 6.07) is 11.8. The van der Waals surface area contributed by atoms with E-state index in [4.69, 9.17) is 28.4 Å². The Bertz CT molecular complexity index is 2080. The lowest BCUT2D eigenvalue weighted by molar-refractivity contribution is -0.171. The quantitative estimate of drug-likeness (QED) is 0.152. The van der Waals surface area contributed by atoms with Gasteiger partial charge in [-0.2, -0.15) is 0 Å². The summed E-state index contributed by atoms with van der Waals surface area (Å²) in [5.74, 6) is -3.71. The number of amides is 2. The fourth-order valence-corrected chi connectivity index (χ4v) is 10.5. The summed E-state index contributed by atoms with van der Waals surface area (Å²) >= 11 is 0. The number of morpholine rings is 2. The number of hydrogen-bond donors (Lipinski definition) is 0. The normalized spacial score (nSPS) is 26.3. The summed E-state index contributed by atoms with van der Waals surface area (Å²) in [5, 5.41) is 0. The summed E-state index contributed by atoms with van der Waals surface area (Å²) < 4.78 is 36.2. The van der Waals surface area contributed by atoms with Crippen LogP contribution >= 0.6 is 0 Å². The van der Waals surface area contributed by atoms with Crippen LogP contribution < -0.4 is 9.80 Å². The molecule has 2 aromatic carbocycles. The van der Waals surface area contributed by atoms with Gasteiger partial charge in [0.25, 0.3) is 11.8 Å². The number of benzene rings is 2. The van der Waals surface area contributed by atoms with Gasteiger partial charge in [0.15, 0.2) is 12.2 Å². The maximum Gasteiger partial charge on any atom is 0.329 e. The molecule has 5 rings (SSSR count). The summed E-state index contributed by atoms with van der Waals surface area (Å²) in [6.07, 6.45) is -2.87. The van der Waals surface area contributed by atoms with Gasteiger partial charge in [0, 0.05) is 77.6 Å². The zero-order valence-electron chi connectivity index (χ0n) is 49.4. The number of nitrogens with zero attached hydrogens (tertiary/aromatic N) is 6. The third kappa shape index (κ3) is 18.9. The smallest absolute Gasteiger partial charge is 0.329 e. The highest BCUT2D eigenvalue weighted by Crippen LogP contribution is 2.26. The molecule has 3 fully saturated rings. The molecule has 3 saturated heterocycles. The van der Waals surface area contributed by atoms with Crippen LogP contribution in [0.1, 0.15) is 106 Å². The van der Waals surface area contributed by atoms with Crippen molar-refractivity contribution in [3.05, 3.63) is 59.7 Å². The molecule has 0 radical (unpaired) electrons.